The van der Waals surface area contributed by atoms with E-state index in [9.17, 15) is 9.59 Å². The fourth-order valence-corrected chi connectivity index (χ4v) is 3.00. The van der Waals surface area contributed by atoms with Gasteiger partial charge in [0, 0.05) is 24.7 Å². The Balaban J connectivity index is 1.74. The molecule has 0 bridgehead atoms. The highest BCUT2D eigenvalue weighted by Gasteiger charge is 2.22. The van der Waals surface area contributed by atoms with Crippen LogP contribution >= 0.6 is 0 Å². The largest absolute Gasteiger partial charge is 0.497 e. The van der Waals surface area contributed by atoms with Crippen LogP contribution in [0.1, 0.15) is 27.0 Å². The number of nitrogens with one attached hydrogen (secondary N) is 1. The second kappa shape index (κ2) is 7.84. The lowest BCUT2D eigenvalue weighted by Gasteiger charge is -2.29. The standard InChI is InChI=1S/C20H20N2O4/c1-26-18-4-2-3-16(12-18)20(24)22-10-9-15-11-14(5-7-17(15)13-22)6-8-19(23)21-25/h2-8,11-12,25H,9-10,13H2,1H3,(H,21,23)/b8-6+. The molecule has 6 heteroatoms. The van der Waals surface area contributed by atoms with Crippen molar-refractivity contribution in [2.24, 2.45) is 0 Å². The van der Waals surface area contributed by atoms with Crippen LogP contribution in [0.15, 0.2) is 48.5 Å². The summed E-state index contributed by atoms with van der Waals surface area (Å²) in [7, 11) is 1.58. The molecule has 3 rings (SSSR count). The van der Waals surface area contributed by atoms with E-state index in [4.69, 9.17) is 9.94 Å². The molecular formula is C20H20N2O4. The average molecular weight is 352 g/mol. The van der Waals surface area contributed by atoms with E-state index < -0.39 is 5.91 Å². The van der Waals surface area contributed by atoms with Gasteiger partial charge in [-0.3, -0.25) is 14.8 Å². The zero-order chi connectivity index (χ0) is 18.5. The van der Waals surface area contributed by atoms with Gasteiger partial charge in [-0.05, 0) is 47.4 Å². The monoisotopic (exact) mass is 352 g/mol. The van der Waals surface area contributed by atoms with Crippen LogP contribution in [0.4, 0.5) is 0 Å². The molecule has 1 aliphatic rings. The molecule has 1 heterocycles. The van der Waals surface area contributed by atoms with E-state index >= 15 is 0 Å². The van der Waals surface area contributed by atoms with E-state index in [0.29, 0.717) is 24.4 Å². The molecule has 0 aliphatic carbocycles. The SMILES string of the molecule is COc1cccc(C(=O)N2CCc3cc(/C=C/C(=O)NO)ccc3C2)c1. The van der Waals surface area contributed by atoms with Gasteiger partial charge in [0.15, 0.2) is 0 Å². The minimum atomic E-state index is -0.571. The Labute approximate surface area is 151 Å². The van der Waals surface area contributed by atoms with Crippen LogP contribution in [-0.2, 0) is 17.8 Å². The zero-order valence-corrected chi connectivity index (χ0v) is 14.4. The molecule has 6 nitrogen and oxygen atoms in total. The number of hydrogen-bond acceptors (Lipinski definition) is 4. The summed E-state index contributed by atoms with van der Waals surface area (Å²) in [6.45, 7) is 1.18. The quantitative estimate of drug-likeness (QED) is 0.503. The summed E-state index contributed by atoms with van der Waals surface area (Å²) in [4.78, 5) is 25.6. The van der Waals surface area contributed by atoms with Crippen molar-refractivity contribution in [3.63, 3.8) is 0 Å². The van der Waals surface area contributed by atoms with Gasteiger partial charge >= 0.3 is 0 Å². The minimum Gasteiger partial charge on any atom is -0.497 e. The number of carbonyl (C=O) groups excluding carboxylic acids is 2. The first-order valence-electron chi connectivity index (χ1n) is 8.28. The zero-order valence-electron chi connectivity index (χ0n) is 14.4. The van der Waals surface area contributed by atoms with Crippen molar-refractivity contribution in [3.05, 3.63) is 70.8 Å². The van der Waals surface area contributed by atoms with Gasteiger partial charge in [0.2, 0.25) is 0 Å². The minimum absolute atomic E-state index is 0.0156. The Morgan fingerprint density at radius 1 is 1.19 bits per heavy atom. The number of rotatable bonds is 4. The molecule has 0 spiro atoms. The molecule has 0 saturated heterocycles. The normalized spacial score (nSPS) is 13.4. The van der Waals surface area contributed by atoms with Crippen molar-refractivity contribution < 1.29 is 19.5 Å². The van der Waals surface area contributed by atoms with Crippen LogP contribution in [0.5, 0.6) is 5.75 Å². The third kappa shape index (κ3) is 3.92. The Hall–Kier alpha value is -3.12. The van der Waals surface area contributed by atoms with Crippen molar-refractivity contribution in [1.82, 2.24) is 10.4 Å². The molecule has 2 amide bonds. The molecule has 26 heavy (non-hydrogen) atoms. The summed E-state index contributed by atoms with van der Waals surface area (Å²) in [6, 6.07) is 13.0. The highest BCUT2D eigenvalue weighted by Crippen LogP contribution is 2.23. The lowest BCUT2D eigenvalue weighted by atomic mass is 9.96. The van der Waals surface area contributed by atoms with Crippen molar-refractivity contribution in [3.8, 4) is 5.75 Å². The molecule has 134 valence electrons. The number of hydrogen-bond donors (Lipinski definition) is 2. The number of methoxy groups -OCH3 is 1. The third-order valence-corrected chi connectivity index (χ3v) is 4.38. The summed E-state index contributed by atoms with van der Waals surface area (Å²) >= 11 is 0. The van der Waals surface area contributed by atoms with E-state index in [2.05, 4.69) is 0 Å². The lowest BCUT2D eigenvalue weighted by molar-refractivity contribution is -0.124. The number of nitrogens with zero attached hydrogens (tertiary/aromatic N) is 1. The predicted molar refractivity (Wildman–Crippen MR) is 96.8 cm³/mol. The fourth-order valence-electron chi connectivity index (χ4n) is 3.00. The number of amides is 2. The smallest absolute Gasteiger partial charge is 0.267 e. The summed E-state index contributed by atoms with van der Waals surface area (Å²) in [5, 5.41) is 8.52. The van der Waals surface area contributed by atoms with E-state index in [-0.39, 0.29) is 5.91 Å². The van der Waals surface area contributed by atoms with Crippen molar-refractivity contribution in [1.29, 1.82) is 0 Å². The van der Waals surface area contributed by atoms with Gasteiger partial charge in [0.25, 0.3) is 11.8 Å². The number of hydroxylamine groups is 1. The van der Waals surface area contributed by atoms with Gasteiger partial charge in [-0.1, -0.05) is 24.3 Å². The van der Waals surface area contributed by atoms with Crippen LogP contribution < -0.4 is 10.2 Å². The summed E-state index contributed by atoms with van der Waals surface area (Å²) in [5.41, 5.74) is 5.30. The first-order valence-corrected chi connectivity index (χ1v) is 8.28. The maximum atomic E-state index is 12.7. The second-order valence-corrected chi connectivity index (χ2v) is 6.05. The molecule has 0 unspecified atom stereocenters. The van der Waals surface area contributed by atoms with Crippen molar-refractivity contribution in [2.75, 3.05) is 13.7 Å². The molecule has 0 aromatic heterocycles. The Kier molecular flexibility index (Phi) is 5.34. The maximum Gasteiger partial charge on any atom is 0.267 e. The summed E-state index contributed by atoms with van der Waals surface area (Å²) in [5.74, 6) is 0.0764. The van der Waals surface area contributed by atoms with Crippen LogP contribution in [0.3, 0.4) is 0 Å². The summed E-state index contributed by atoms with van der Waals surface area (Å²) < 4.78 is 5.19. The molecule has 2 aromatic carbocycles. The topological polar surface area (TPSA) is 78.9 Å². The second-order valence-electron chi connectivity index (χ2n) is 6.05. The predicted octanol–water partition coefficient (Wildman–Crippen LogP) is 2.41. The maximum absolute atomic E-state index is 12.7. The summed E-state index contributed by atoms with van der Waals surface area (Å²) in [6.07, 6.45) is 3.65. The molecule has 2 aromatic rings. The number of carbonyl (C=O) groups is 2. The van der Waals surface area contributed by atoms with Gasteiger partial charge in [-0.15, -0.1) is 0 Å². The van der Waals surface area contributed by atoms with Gasteiger partial charge < -0.3 is 9.64 Å². The fraction of sp³-hybridized carbons (Fsp3) is 0.200. The molecule has 1 aliphatic heterocycles. The lowest BCUT2D eigenvalue weighted by Crippen LogP contribution is -2.36. The van der Waals surface area contributed by atoms with Gasteiger partial charge in [-0.25, -0.2) is 5.48 Å². The molecule has 0 fully saturated rings. The number of ether oxygens (including phenoxy) is 1. The first kappa shape index (κ1) is 17.7. The molecule has 2 N–H and O–H groups in total. The highest BCUT2D eigenvalue weighted by atomic mass is 16.5. The number of benzene rings is 2. The van der Waals surface area contributed by atoms with Crippen LogP contribution in [-0.4, -0.2) is 35.6 Å². The molecule has 0 atom stereocenters. The average Bonchev–Trinajstić information content (AvgIpc) is 2.70. The van der Waals surface area contributed by atoms with Crippen LogP contribution in [0, 0.1) is 0 Å². The first-order chi connectivity index (χ1) is 12.6. The molecule has 0 saturated carbocycles. The Morgan fingerprint density at radius 3 is 2.81 bits per heavy atom. The van der Waals surface area contributed by atoms with E-state index in [1.807, 2.05) is 35.2 Å². The highest BCUT2D eigenvalue weighted by molar-refractivity contribution is 5.94. The Morgan fingerprint density at radius 2 is 2.04 bits per heavy atom. The van der Waals surface area contributed by atoms with Gasteiger partial charge in [0.1, 0.15) is 5.75 Å². The molecule has 0 radical (unpaired) electrons. The van der Waals surface area contributed by atoms with E-state index in [0.717, 1.165) is 23.1 Å². The third-order valence-electron chi connectivity index (χ3n) is 4.38. The van der Waals surface area contributed by atoms with Gasteiger partial charge in [0.05, 0.1) is 7.11 Å². The molecular weight excluding hydrogens is 332 g/mol. The Bertz CT molecular complexity index is 861. The van der Waals surface area contributed by atoms with Crippen molar-refractivity contribution in [2.45, 2.75) is 13.0 Å². The van der Waals surface area contributed by atoms with Crippen LogP contribution in [0.25, 0.3) is 6.08 Å². The van der Waals surface area contributed by atoms with Gasteiger partial charge in [-0.2, -0.15) is 0 Å². The van der Waals surface area contributed by atoms with E-state index in [1.165, 1.54) is 6.08 Å². The van der Waals surface area contributed by atoms with E-state index in [1.54, 1.807) is 30.8 Å². The van der Waals surface area contributed by atoms with Crippen molar-refractivity contribution >= 4 is 17.9 Å². The van der Waals surface area contributed by atoms with Crippen LogP contribution in [0.2, 0.25) is 0 Å². The number of fused-ring (bicyclic) bond motifs is 1.